The number of fused-ring (bicyclic) bond motifs is 7. The van der Waals surface area contributed by atoms with Gasteiger partial charge in [-0.1, -0.05) is 140 Å². The van der Waals surface area contributed by atoms with Gasteiger partial charge in [0.1, 0.15) is 0 Å². The number of hydrogen-bond acceptors (Lipinski definition) is 2. The Morgan fingerprint density at radius 3 is 1.67 bits per heavy atom. The second-order valence-corrected chi connectivity index (χ2v) is 12.6. The van der Waals surface area contributed by atoms with Crippen molar-refractivity contribution in [3.8, 4) is 39.6 Å². The van der Waals surface area contributed by atoms with Crippen LogP contribution in [-0.4, -0.2) is 14.5 Å². The van der Waals surface area contributed by atoms with Crippen LogP contribution in [0.1, 0.15) is 0 Å². The van der Waals surface area contributed by atoms with Crippen LogP contribution in [-0.2, 0) is 0 Å². The summed E-state index contributed by atoms with van der Waals surface area (Å²) in [6.45, 7) is 0. The molecule has 49 heavy (non-hydrogen) atoms. The van der Waals surface area contributed by atoms with Gasteiger partial charge in [0.15, 0.2) is 5.82 Å². The van der Waals surface area contributed by atoms with Gasteiger partial charge in [-0.2, -0.15) is 0 Å². The zero-order valence-corrected chi connectivity index (χ0v) is 26.6. The summed E-state index contributed by atoms with van der Waals surface area (Å²) in [5.74, 6) is 0.710. The molecule has 0 bridgehead atoms. The molecule has 0 N–H and O–H groups in total. The average Bonchev–Trinajstić information content (AvgIpc) is 3.51. The van der Waals surface area contributed by atoms with Gasteiger partial charge in [0, 0.05) is 33.2 Å². The predicted octanol–water partition coefficient (Wildman–Crippen LogP) is 12.0. The molecule has 0 aliphatic carbocycles. The third kappa shape index (κ3) is 4.44. The molecule has 8 aromatic carbocycles. The van der Waals surface area contributed by atoms with Crippen LogP contribution in [0.15, 0.2) is 176 Å². The first-order chi connectivity index (χ1) is 24.3. The van der Waals surface area contributed by atoms with Crippen molar-refractivity contribution in [1.29, 1.82) is 0 Å². The zero-order chi connectivity index (χ0) is 32.3. The molecule has 0 amide bonds. The van der Waals surface area contributed by atoms with E-state index in [-0.39, 0.29) is 0 Å². The van der Waals surface area contributed by atoms with Gasteiger partial charge in [-0.05, 0) is 68.7 Å². The Labute approximate surface area is 283 Å². The van der Waals surface area contributed by atoms with Gasteiger partial charge < -0.3 is 4.57 Å². The fourth-order valence-electron chi connectivity index (χ4n) is 7.52. The van der Waals surface area contributed by atoms with E-state index in [1.807, 2.05) is 18.2 Å². The van der Waals surface area contributed by atoms with Gasteiger partial charge in [0.05, 0.1) is 22.4 Å². The molecular formula is C46H29N3. The summed E-state index contributed by atoms with van der Waals surface area (Å²) in [4.78, 5) is 10.5. The molecule has 0 saturated heterocycles. The van der Waals surface area contributed by atoms with E-state index in [0.29, 0.717) is 5.82 Å². The van der Waals surface area contributed by atoms with Crippen LogP contribution in [0, 0.1) is 0 Å². The van der Waals surface area contributed by atoms with Crippen LogP contribution in [0.4, 0.5) is 0 Å². The van der Waals surface area contributed by atoms with Gasteiger partial charge in [0.2, 0.25) is 0 Å². The number of hydrogen-bond donors (Lipinski definition) is 0. The lowest BCUT2D eigenvalue weighted by Gasteiger charge is -2.15. The molecule has 0 saturated carbocycles. The number of aromatic nitrogens is 3. The van der Waals surface area contributed by atoms with Gasteiger partial charge in [-0.25, -0.2) is 9.97 Å². The molecule has 3 nitrogen and oxygen atoms in total. The molecule has 228 valence electrons. The quantitative estimate of drug-likeness (QED) is 0.144. The van der Waals surface area contributed by atoms with Crippen molar-refractivity contribution in [3.05, 3.63) is 176 Å². The Hall–Kier alpha value is -6.58. The Bertz CT molecular complexity index is 2810. The van der Waals surface area contributed by atoms with E-state index in [1.54, 1.807) is 0 Å². The molecule has 0 unspecified atom stereocenters. The SMILES string of the molecule is c1ccc(-c2nc(-c3ccc(-n4c5ccccc5c5ccccc54)cc3)cc(-c3c4ccccc4cc4c3ccc3ccccc34)n2)cc1. The molecule has 0 spiro atoms. The van der Waals surface area contributed by atoms with E-state index in [9.17, 15) is 0 Å². The van der Waals surface area contributed by atoms with Crippen molar-refractivity contribution in [3.63, 3.8) is 0 Å². The van der Waals surface area contributed by atoms with E-state index < -0.39 is 0 Å². The lowest BCUT2D eigenvalue weighted by atomic mass is 9.91. The number of rotatable bonds is 4. The maximum atomic E-state index is 5.29. The summed E-state index contributed by atoms with van der Waals surface area (Å²) in [6, 6.07) is 62.6. The molecule has 0 radical (unpaired) electrons. The van der Waals surface area contributed by atoms with Crippen LogP contribution >= 0.6 is 0 Å². The Morgan fingerprint density at radius 2 is 0.939 bits per heavy atom. The van der Waals surface area contributed by atoms with Crippen LogP contribution in [0.5, 0.6) is 0 Å². The average molecular weight is 624 g/mol. The van der Waals surface area contributed by atoms with Crippen LogP contribution < -0.4 is 0 Å². The van der Waals surface area contributed by atoms with Gasteiger partial charge in [0.25, 0.3) is 0 Å². The summed E-state index contributed by atoms with van der Waals surface area (Å²) in [5, 5.41) is 9.76. The Morgan fingerprint density at radius 1 is 0.347 bits per heavy atom. The monoisotopic (exact) mass is 623 g/mol. The minimum atomic E-state index is 0.710. The smallest absolute Gasteiger partial charge is 0.160 e. The third-order valence-electron chi connectivity index (χ3n) is 9.79. The molecule has 0 aliphatic rings. The van der Waals surface area contributed by atoms with Crippen molar-refractivity contribution in [2.75, 3.05) is 0 Å². The molecular weight excluding hydrogens is 595 g/mol. The molecule has 10 rings (SSSR count). The van der Waals surface area contributed by atoms with Crippen LogP contribution in [0.25, 0.3) is 93.7 Å². The van der Waals surface area contributed by atoms with Gasteiger partial charge in [-0.3, -0.25) is 0 Å². The Kier molecular flexibility index (Phi) is 6.18. The highest BCUT2D eigenvalue weighted by molar-refractivity contribution is 6.20. The van der Waals surface area contributed by atoms with Crippen molar-refractivity contribution < 1.29 is 0 Å². The first kappa shape index (κ1) is 27.5. The number of nitrogens with zero attached hydrogens (tertiary/aromatic N) is 3. The maximum absolute atomic E-state index is 5.29. The van der Waals surface area contributed by atoms with E-state index in [4.69, 9.17) is 9.97 Å². The summed E-state index contributed by atoms with van der Waals surface area (Å²) < 4.78 is 2.35. The number of para-hydroxylation sites is 2. The fraction of sp³-hybridized carbons (Fsp3) is 0. The zero-order valence-electron chi connectivity index (χ0n) is 26.6. The lowest BCUT2D eigenvalue weighted by molar-refractivity contribution is 1.17. The topological polar surface area (TPSA) is 30.7 Å². The molecule has 0 atom stereocenters. The third-order valence-corrected chi connectivity index (χ3v) is 9.79. The highest BCUT2D eigenvalue weighted by atomic mass is 15.0. The summed E-state index contributed by atoms with van der Waals surface area (Å²) in [6.07, 6.45) is 0. The summed E-state index contributed by atoms with van der Waals surface area (Å²) >= 11 is 0. The van der Waals surface area contributed by atoms with Crippen LogP contribution in [0.3, 0.4) is 0 Å². The first-order valence-electron chi connectivity index (χ1n) is 16.7. The normalized spacial score (nSPS) is 11.7. The molecule has 2 aromatic heterocycles. The highest BCUT2D eigenvalue weighted by Crippen LogP contribution is 2.40. The maximum Gasteiger partial charge on any atom is 0.160 e. The van der Waals surface area contributed by atoms with Crippen molar-refractivity contribution >= 4 is 54.1 Å². The molecule has 0 aliphatic heterocycles. The lowest BCUT2D eigenvalue weighted by Crippen LogP contribution is -1.98. The van der Waals surface area contributed by atoms with E-state index >= 15 is 0 Å². The summed E-state index contributed by atoms with van der Waals surface area (Å²) in [5.41, 5.74) is 8.46. The molecule has 2 heterocycles. The van der Waals surface area contributed by atoms with Gasteiger partial charge in [-0.15, -0.1) is 0 Å². The second kappa shape index (κ2) is 11.0. The molecule has 10 aromatic rings. The minimum Gasteiger partial charge on any atom is -0.309 e. The van der Waals surface area contributed by atoms with Gasteiger partial charge >= 0.3 is 0 Å². The van der Waals surface area contributed by atoms with Crippen LogP contribution in [0.2, 0.25) is 0 Å². The van der Waals surface area contributed by atoms with Crippen molar-refractivity contribution in [2.45, 2.75) is 0 Å². The first-order valence-corrected chi connectivity index (χ1v) is 16.7. The van der Waals surface area contributed by atoms with Crippen molar-refractivity contribution in [1.82, 2.24) is 14.5 Å². The minimum absolute atomic E-state index is 0.710. The summed E-state index contributed by atoms with van der Waals surface area (Å²) in [7, 11) is 0. The predicted molar refractivity (Wildman–Crippen MR) is 205 cm³/mol. The van der Waals surface area contributed by atoms with Crippen molar-refractivity contribution in [2.24, 2.45) is 0 Å². The highest BCUT2D eigenvalue weighted by Gasteiger charge is 2.17. The largest absolute Gasteiger partial charge is 0.309 e. The standard InChI is InChI=1S/C46H29N3/c1-2-13-32(14-3-1)46-47-41(31-22-25-34(26-23-31)49-43-20-10-8-18-37(43)38-19-9-11-21-44(38)49)29-42(48-46)45-36-17-7-5-15-33(36)28-40-35-16-6-4-12-30(35)24-27-39(40)45/h1-29H. The fourth-order valence-corrected chi connectivity index (χ4v) is 7.52. The van der Waals surface area contributed by atoms with E-state index in [1.165, 1.54) is 54.1 Å². The van der Waals surface area contributed by atoms with E-state index in [0.717, 1.165) is 33.8 Å². The molecule has 3 heteroatoms. The van der Waals surface area contributed by atoms with E-state index in [2.05, 4.69) is 162 Å². The Balaban J connectivity index is 1.20. The second-order valence-electron chi connectivity index (χ2n) is 12.6. The number of benzene rings is 8. The molecule has 0 fully saturated rings.